The fraction of sp³-hybridized carbons (Fsp3) is 0.500. The maximum Gasteiger partial charge on any atom is 0.410 e. The van der Waals surface area contributed by atoms with Gasteiger partial charge in [0.05, 0.1) is 23.2 Å². The number of nitrogens with zero attached hydrogens (tertiary/aromatic N) is 3. The van der Waals surface area contributed by atoms with Crippen molar-refractivity contribution >= 4 is 46.7 Å². The van der Waals surface area contributed by atoms with Gasteiger partial charge in [-0.1, -0.05) is 45.0 Å². The summed E-state index contributed by atoms with van der Waals surface area (Å²) in [6.45, 7) is 12.1. The molecule has 1 unspecified atom stereocenters. The van der Waals surface area contributed by atoms with Crippen molar-refractivity contribution in [2.75, 3.05) is 13.6 Å². The predicted octanol–water partition coefficient (Wildman–Crippen LogP) is 4.85. The van der Waals surface area contributed by atoms with E-state index in [0.717, 1.165) is 35.3 Å². The van der Waals surface area contributed by atoms with Gasteiger partial charge in [-0.25, -0.2) is 14.4 Å². The van der Waals surface area contributed by atoms with Crippen molar-refractivity contribution in [1.82, 2.24) is 30.3 Å². The Morgan fingerprint density at radius 2 is 1.67 bits per heavy atom. The summed E-state index contributed by atoms with van der Waals surface area (Å²) in [6.07, 6.45) is 3.49. The molecule has 0 bridgehead atoms. The van der Waals surface area contributed by atoms with Crippen LogP contribution in [0.3, 0.4) is 0 Å². The van der Waals surface area contributed by atoms with Crippen LogP contribution < -0.4 is 16.0 Å². The monoisotopic (exact) mass is 744 g/mol. The molecule has 1 aliphatic heterocycles. The minimum absolute atomic E-state index is 0.0118. The second-order valence-corrected chi connectivity index (χ2v) is 16.4. The van der Waals surface area contributed by atoms with E-state index in [1.165, 1.54) is 41.8 Å². The number of rotatable bonds is 8. The minimum atomic E-state index is -1.10. The minimum Gasteiger partial charge on any atom is -0.478 e. The summed E-state index contributed by atoms with van der Waals surface area (Å²) in [5.41, 5.74) is 1.18. The number of hydrogen-bond donors (Lipinski definition) is 4. The number of amides is 5. The highest BCUT2D eigenvalue weighted by Gasteiger charge is 2.46. The molecule has 54 heavy (non-hydrogen) atoms. The zero-order valence-electron chi connectivity index (χ0n) is 32.3. The van der Waals surface area contributed by atoms with Gasteiger partial charge in [-0.15, -0.1) is 0 Å². The summed E-state index contributed by atoms with van der Waals surface area (Å²) in [7, 11) is 1.45. The standard InChI is InChI=1S/C40H52N6O8/c1-23(44(8)38(53)54-40(5,6)7)33(47)43-32(39(2,3)4)35(49)46-22-27(41-37(52)45-19-18-25-20-26(36(50)51)16-17-30(25)45)21-31(46)34(48)42-29-15-11-13-24-12-9-10-14-28(24)29/h9-10,12,14,16-20,23,27,29,31-32H,11,13,15,21-22H2,1-8H3,(H,41,52)(H,42,48)(H,43,47)(H,50,51)/t23-,27-,29+,31-,32?/m0/s1. The molecule has 3 aromatic rings. The Morgan fingerprint density at radius 1 is 0.963 bits per heavy atom. The molecule has 5 rings (SSSR count). The van der Waals surface area contributed by atoms with Crippen LogP contribution in [-0.4, -0.2) is 98.6 Å². The van der Waals surface area contributed by atoms with E-state index in [9.17, 15) is 33.9 Å². The first kappa shape index (κ1) is 39.8. The summed E-state index contributed by atoms with van der Waals surface area (Å²) in [4.78, 5) is 83.0. The van der Waals surface area contributed by atoms with Gasteiger partial charge in [-0.3, -0.25) is 23.9 Å². The number of likely N-dealkylation sites (tertiary alicyclic amines) is 1. The van der Waals surface area contributed by atoms with Crippen LogP contribution in [0.25, 0.3) is 10.9 Å². The topological polar surface area (TPSA) is 179 Å². The molecule has 1 aliphatic carbocycles. The van der Waals surface area contributed by atoms with Crippen molar-refractivity contribution in [3.63, 3.8) is 0 Å². The number of likely N-dealkylation sites (N-methyl/N-ethyl adjacent to an activating group) is 1. The number of aromatic carboxylic acids is 1. The van der Waals surface area contributed by atoms with Crippen LogP contribution in [0.1, 0.15) is 95.3 Å². The van der Waals surface area contributed by atoms with Gasteiger partial charge >= 0.3 is 18.1 Å². The fourth-order valence-electron chi connectivity index (χ4n) is 7.05. The molecule has 4 N–H and O–H groups in total. The van der Waals surface area contributed by atoms with Gasteiger partial charge in [-0.05, 0) is 94.2 Å². The van der Waals surface area contributed by atoms with Gasteiger partial charge in [-0.2, -0.15) is 0 Å². The van der Waals surface area contributed by atoms with E-state index in [0.29, 0.717) is 10.9 Å². The van der Waals surface area contributed by atoms with Crippen molar-refractivity contribution < 1.29 is 38.6 Å². The molecule has 290 valence electrons. The number of benzene rings is 2. The van der Waals surface area contributed by atoms with Crippen LogP contribution in [0, 0.1) is 5.41 Å². The zero-order valence-corrected chi connectivity index (χ0v) is 32.3. The molecule has 5 atom stereocenters. The van der Waals surface area contributed by atoms with E-state index in [-0.39, 0.29) is 30.5 Å². The molecule has 0 spiro atoms. The molecular weight excluding hydrogens is 692 g/mol. The number of carbonyl (C=O) groups excluding carboxylic acids is 5. The van der Waals surface area contributed by atoms with E-state index >= 15 is 0 Å². The Bertz CT molecular complexity index is 1940. The first-order chi connectivity index (χ1) is 25.2. The number of ether oxygens (including phenoxy) is 1. The Labute approximate surface area is 315 Å². The molecule has 5 amide bonds. The molecule has 2 heterocycles. The number of aromatic nitrogens is 1. The van der Waals surface area contributed by atoms with Crippen LogP contribution in [0.4, 0.5) is 9.59 Å². The maximum atomic E-state index is 14.6. The van der Waals surface area contributed by atoms with Crippen LogP contribution >= 0.6 is 0 Å². The number of nitrogens with one attached hydrogen (secondary N) is 3. The second kappa shape index (κ2) is 15.5. The lowest BCUT2D eigenvalue weighted by Gasteiger charge is -2.37. The highest BCUT2D eigenvalue weighted by molar-refractivity contribution is 5.98. The molecular formula is C40H52N6O8. The number of aryl methyl sites for hydroxylation is 1. The summed E-state index contributed by atoms with van der Waals surface area (Å²) in [5, 5.41) is 19.0. The normalized spacial score (nSPS) is 19.6. The van der Waals surface area contributed by atoms with Crippen molar-refractivity contribution in [3.05, 3.63) is 71.4 Å². The van der Waals surface area contributed by atoms with Gasteiger partial charge in [0.15, 0.2) is 0 Å². The quantitative estimate of drug-likeness (QED) is 0.253. The third-order valence-electron chi connectivity index (χ3n) is 10.1. The van der Waals surface area contributed by atoms with E-state index in [4.69, 9.17) is 4.74 Å². The zero-order chi connectivity index (χ0) is 39.7. The second-order valence-electron chi connectivity index (χ2n) is 16.4. The average molecular weight is 745 g/mol. The molecule has 14 nitrogen and oxygen atoms in total. The van der Waals surface area contributed by atoms with Crippen LogP contribution in [0.2, 0.25) is 0 Å². The molecule has 1 saturated heterocycles. The number of carboxylic acid groups (broad SMARTS) is 1. The van der Waals surface area contributed by atoms with Crippen molar-refractivity contribution in [3.8, 4) is 0 Å². The predicted molar refractivity (Wildman–Crippen MR) is 202 cm³/mol. The van der Waals surface area contributed by atoms with Gasteiger partial charge in [0, 0.05) is 25.2 Å². The Kier molecular flexibility index (Phi) is 11.4. The Morgan fingerprint density at radius 3 is 2.33 bits per heavy atom. The molecule has 2 aromatic carbocycles. The number of carbonyl (C=O) groups is 6. The highest BCUT2D eigenvalue weighted by atomic mass is 16.6. The van der Waals surface area contributed by atoms with Crippen molar-refractivity contribution in [2.45, 2.75) is 110 Å². The molecule has 1 aromatic heterocycles. The average Bonchev–Trinajstić information content (AvgIpc) is 3.73. The molecule has 0 radical (unpaired) electrons. The molecule has 1 fully saturated rings. The lowest BCUT2D eigenvalue weighted by atomic mass is 9.85. The third-order valence-corrected chi connectivity index (χ3v) is 10.1. The van der Waals surface area contributed by atoms with Gasteiger partial charge in [0.1, 0.15) is 23.7 Å². The van der Waals surface area contributed by atoms with Crippen molar-refractivity contribution in [1.29, 1.82) is 0 Å². The highest BCUT2D eigenvalue weighted by Crippen LogP contribution is 2.32. The first-order valence-corrected chi connectivity index (χ1v) is 18.3. The molecule has 0 saturated carbocycles. The van der Waals surface area contributed by atoms with E-state index in [1.807, 2.05) is 18.2 Å². The Hall–Kier alpha value is -5.40. The molecule has 14 heteroatoms. The lowest BCUT2D eigenvalue weighted by molar-refractivity contribution is -0.144. The van der Waals surface area contributed by atoms with E-state index in [2.05, 4.69) is 22.0 Å². The smallest absolute Gasteiger partial charge is 0.410 e. The first-order valence-electron chi connectivity index (χ1n) is 18.3. The summed E-state index contributed by atoms with van der Waals surface area (Å²) >= 11 is 0. The summed E-state index contributed by atoms with van der Waals surface area (Å²) in [6, 6.07) is 9.59. The van der Waals surface area contributed by atoms with E-state index < -0.39 is 65.1 Å². The molecule has 2 aliphatic rings. The SMILES string of the molecule is C[C@@H](C(=O)NC(C(=O)N1C[C@@H](NC(=O)n2ccc3cc(C(=O)O)ccc32)C[C@H]1C(=O)N[C@@H]1CCCc2ccccc21)C(C)(C)C)N(C)C(=O)OC(C)(C)C. The lowest BCUT2D eigenvalue weighted by Crippen LogP contribution is -2.60. The van der Waals surface area contributed by atoms with Crippen LogP contribution in [0.5, 0.6) is 0 Å². The van der Waals surface area contributed by atoms with E-state index in [1.54, 1.807) is 53.7 Å². The summed E-state index contributed by atoms with van der Waals surface area (Å²) in [5.74, 6) is -2.53. The van der Waals surface area contributed by atoms with Gasteiger partial charge in [0.25, 0.3) is 0 Å². The van der Waals surface area contributed by atoms with Crippen LogP contribution in [0.15, 0.2) is 54.7 Å². The largest absolute Gasteiger partial charge is 0.478 e. The summed E-state index contributed by atoms with van der Waals surface area (Å²) < 4.78 is 6.79. The maximum absolute atomic E-state index is 14.6. The number of fused-ring (bicyclic) bond motifs is 2. The fourth-order valence-corrected chi connectivity index (χ4v) is 7.05. The van der Waals surface area contributed by atoms with Gasteiger partial charge in [0.2, 0.25) is 17.7 Å². The van der Waals surface area contributed by atoms with Gasteiger partial charge < -0.3 is 30.7 Å². The number of carboxylic acids is 1. The number of hydrogen-bond acceptors (Lipinski definition) is 7. The van der Waals surface area contributed by atoms with Crippen LogP contribution in [-0.2, 0) is 25.5 Å². The van der Waals surface area contributed by atoms with Crippen molar-refractivity contribution in [2.24, 2.45) is 5.41 Å². The third kappa shape index (κ3) is 8.86. The Balaban J connectivity index is 1.40.